The third-order valence-electron chi connectivity index (χ3n) is 1.89. The zero-order valence-corrected chi connectivity index (χ0v) is 7.53. The van der Waals surface area contributed by atoms with Gasteiger partial charge >= 0.3 is 0 Å². The molecule has 0 amide bonds. The number of carbonyl (C=O) groups is 1. The molecule has 0 aliphatic carbocycles. The van der Waals surface area contributed by atoms with E-state index in [9.17, 15) is 13.6 Å². The summed E-state index contributed by atoms with van der Waals surface area (Å²) in [5.41, 5.74) is 0.743. The highest BCUT2D eigenvalue weighted by Crippen LogP contribution is 2.15. The van der Waals surface area contributed by atoms with Gasteiger partial charge in [-0.25, -0.2) is 8.78 Å². The van der Waals surface area contributed by atoms with Crippen molar-refractivity contribution >= 4 is 5.78 Å². The molecule has 0 saturated heterocycles. The number of hydrogen-bond donors (Lipinski definition) is 0. The first-order valence-corrected chi connectivity index (χ1v) is 4.05. The summed E-state index contributed by atoms with van der Waals surface area (Å²) in [6.07, 6.45) is 0.298. The maximum atomic E-state index is 12.7. The molecule has 1 aromatic rings. The molecule has 0 radical (unpaired) electrons. The van der Waals surface area contributed by atoms with Gasteiger partial charge in [-0.3, -0.25) is 4.79 Å². The highest BCUT2D eigenvalue weighted by molar-refractivity contribution is 5.97. The van der Waals surface area contributed by atoms with Crippen LogP contribution in [0, 0.1) is 18.6 Å². The van der Waals surface area contributed by atoms with Crippen molar-refractivity contribution in [1.82, 2.24) is 0 Å². The summed E-state index contributed by atoms with van der Waals surface area (Å²) in [5.74, 6) is -2.05. The Balaban J connectivity index is 3.23. The first-order valence-electron chi connectivity index (χ1n) is 4.05. The summed E-state index contributed by atoms with van der Waals surface area (Å²) >= 11 is 0. The molecule has 13 heavy (non-hydrogen) atoms. The minimum absolute atomic E-state index is 0.170. The van der Waals surface area contributed by atoms with Crippen LogP contribution in [-0.4, -0.2) is 5.78 Å². The lowest BCUT2D eigenvalue weighted by Crippen LogP contribution is -2.02. The lowest BCUT2D eigenvalue weighted by Gasteiger charge is -2.03. The van der Waals surface area contributed by atoms with Crippen LogP contribution in [0.25, 0.3) is 0 Å². The van der Waals surface area contributed by atoms with Gasteiger partial charge in [0.25, 0.3) is 0 Å². The second kappa shape index (κ2) is 3.64. The Bertz CT molecular complexity index is 345. The quantitative estimate of drug-likeness (QED) is 0.646. The SMILES string of the molecule is CCC(=O)c1cc(F)c(F)cc1C. The van der Waals surface area contributed by atoms with E-state index in [4.69, 9.17) is 0 Å². The van der Waals surface area contributed by atoms with Crippen LogP contribution in [0.4, 0.5) is 8.78 Å². The fourth-order valence-electron chi connectivity index (χ4n) is 1.14. The van der Waals surface area contributed by atoms with E-state index < -0.39 is 11.6 Å². The van der Waals surface area contributed by atoms with Gasteiger partial charge in [-0.05, 0) is 24.6 Å². The van der Waals surface area contributed by atoms with Crippen LogP contribution in [0.15, 0.2) is 12.1 Å². The topological polar surface area (TPSA) is 17.1 Å². The molecular weight excluding hydrogens is 174 g/mol. The molecule has 0 N–H and O–H groups in total. The highest BCUT2D eigenvalue weighted by atomic mass is 19.2. The number of hydrogen-bond acceptors (Lipinski definition) is 1. The minimum Gasteiger partial charge on any atom is -0.294 e. The Kier molecular flexibility index (Phi) is 2.76. The molecule has 0 bridgehead atoms. The third-order valence-corrected chi connectivity index (χ3v) is 1.89. The molecule has 0 aromatic heterocycles. The Morgan fingerprint density at radius 3 is 2.38 bits per heavy atom. The highest BCUT2D eigenvalue weighted by Gasteiger charge is 2.11. The van der Waals surface area contributed by atoms with Crippen LogP contribution in [0.1, 0.15) is 29.3 Å². The van der Waals surface area contributed by atoms with Gasteiger partial charge in [0, 0.05) is 12.0 Å². The van der Waals surface area contributed by atoms with Crippen molar-refractivity contribution in [2.45, 2.75) is 20.3 Å². The molecule has 0 aliphatic heterocycles. The van der Waals surface area contributed by atoms with Crippen LogP contribution in [0.2, 0.25) is 0 Å². The molecule has 1 aromatic carbocycles. The second-order valence-electron chi connectivity index (χ2n) is 2.86. The fraction of sp³-hybridized carbons (Fsp3) is 0.300. The van der Waals surface area contributed by atoms with Gasteiger partial charge in [-0.2, -0.15) is 0 Å². The number of halogens is 2. The average Bonchev–Trinajstić information content (AvgIpc) is 2.10. The molecular formula is C10H10F2O. The molecule has 70 valence electrons. The van der Waals surface area contributed by atoms with Crippen molar-refractivity contribution in [3.8, 4) is 0 Å². The summed E-state index contributed by atoms with van der Waals surface area (Å²) in [6, 6.07) is 1.99. The summed E-state index contributed by atoms with van der Waals surface area (Å²) in [7, 11) is 0. The van der Waals surface area contributed by atoms with Crippen molar-refractivity contribution in [3.05, 3.63) is 34.9 Å². The zero-order valence-electron chi connectivity index (χ0n) is 7.53. The second-order valence-corrected chi connectivity index (χ2v) is 2.86. The monoisotopic (exact) mass is 184 g/mol. The van der Waals surface area contributed by atoms with Crippen LogP contribution in [-0.2, 0) is 0 Å². The normalized spacial score (nSPS) is 10.2. The Hall–Kier alpha value is -1.25. The molecule has 0 heterocycles. The number of aryl methyl sites for hydroxylation is 1. The summed E-state index contributed by atoms with van der Waals surface area (Å²) in [6.45, 7) is 3.27. The number of ketones is 1. The molecule has 1 rings (SSSR count). The maximum absolute atomic E-state index is 12.7. The Labute approximate surface area is 75.4 Å². The van der Waals surface area contributed by atoms with E-state index in [1.807, 2.05) is 0 Å². The van der Waals surface area contributed by atoms with Gasteiger partial charge in [0.05, 0.1) is 0 Å². The average molecular weight is 184 g/mol. The van der Waals surface area contributed by atoms with Gasteiger partial charge in [-0.1, -0.05) is 6.92 Å². The van der Waals surface area contributed by atoms with Crippen LogP contribution in [0.5, 0.6) is 0 Å². The van der Waals surface area contributed by atoms with E-state index in [2.05, 4.69) is 0 Å². The van der Waals surface area contributed by atoms with Crippen molar-refractivity contribution in [2.75, 3.05) is 0 Å². The van der Waals surface area contributed by atoms with Gasteiger partial charge in [0.15, 0.2) is 17.4 Å². The van der Waals surface area contributed by atoms with Crippen molar-refractivity contribution in [3.63, 3.8) is 0 Å². The van der Waals surface area contributed by atoms with E-state index in [0.717, 1.165) is 12.1 Å². The molecule has 0 saturated carbocycles. The Morgan fingerprint density at radius 2 is 1.85 bits per heavy atom. The van der Waals surface area contributed by atoms with Crippen LogP contribution in [0.3, 0.4) is 0 Å². The van der Waals surface area contributed by atoms with Gasteiger partial charge < -0.3 is 0 Å². The third kappa shape index (κ3) is 1.91. The predicted molar refractivity (Wildman–Crippen MR) is 45.7 cm³/mol. The lowest BCUT2D eigenvalue weighted by molar-refractivity contribution is 0.0987. The summed E-state index contributed by atoms with van der Waals surface area (Å²) in [5, 5.41) is 0. The first kappa shape index (κ1) is 9.84. The maximum Gasteiger partial charge on any atom is 0.162 e. The molecule has 0 unspecified atom stereocenters. The standard InChI is InChI=1S/C10H10F2O/c1-3-10(13)7-5-9(12)8(11)4-6(7)2/h4-5H,3H2,1-2H3. The van der Waals surface area contributed by atoms with Crippen molar-refractivity contribution in [1.29, 1.82) is 0 Å². The minimum atomic E-state index is -0.970. The molecule has 0 aliphatic rings. The van der Waals surface area contributed by atoms with Crippen molar-refractivity contribution in [2.24, 2.45) is 0 Å². The van der Waals surface area contributed by atoms with E-state index in [1.54, 1.807) is 13.8 Å². The zero-order chi connectivity index (χ0) is 10.0. The Morgan fingerprint density at radius 1 is 1.31 bits per heavy atom. The molecule has 3 heteroatoms. The summed E-state index contributed by atoms with van der Waals surface area (Å²) in [4.78, 5) is 11.2. The van der Waals surface area contributed by atoms with E-state index in [0.29, 0.717) is 12.0 Å². The molecule has 0 spiro atoms. The van der Waals surface area contributed by atoms with Crippen molar-refractivity contribution < 1.29 is 13.6 Å². The predicted octanol–water partition coefficient (Wildman–Crippen LogP) is 2.87. The molecule has 1 nitrogen and oxygen atoms in total. The number of carbonyl (C=O) groups excluding carboxylic acids is 1. The smallest absolute Gasteiger partial charge is 0.162 e. The molecule has 0 atom stereocenters. The number of rotatable bonds is 2. The van der Waals surface area contributed by atoms with Crippen LogP contribution >= 0.6 is 0 Å². The lowest BCUT2D eigenvalue weighted by atomic mass is 10.0. The molecule has 0 fully saturated rings. The van der Waals surface area contributed by atoms with Crippen LogP contribution < -0.4 is 0 Å². The number of Topliss-reactive ketones (excluding diaryl/α,β-unsaturated/α-hetero) is 1. The van der Waals surface area contributed by atoms with E-state index >= 15 is 0 Å². The van der Waals surface area contributed by atoms with Gasteiger partial charge in [0.2, 0.25) is 0 Å². The fourth-order valence-corrected chi connectivity index (χ4v) is 1.14. The number of benzene rings is 1. The van der Waals surface area contributed by atoms with Gasteiger partial charge in [0.1, 0.15) is 0 Å². The van der Waals surface area contributed by atoms with Gasteiger partial charge in [-0.15, -0.1) is 0 Å². The van der Waals surface area contributed by atoms with E-state index in [1.165, 1.54) is 0 Å². The largest absolute Gasteiger partial charge is 0.294 e. The summed E-state index contributed by atoms with van der Waals surface area (Å²) < 4.78 is 25.4. The first-order chi connectivity index (χ1) is 6.06. The van der Waals surface area contributed by atoms with E-state index in [-0.39, 0.29) is 11.3 Å².